The van der Waals surface area contributed by atoms with Crippen LogP contribution >= 0.6 is 0 Å². The summed E-state index contributed by atoms with van der Waals surface area (Å²) in [6, 6.07) is 9.84. The number of carbonyl (C=O) groups is 1. The van der Waals surface area contributed by atoms with Gasteiger partial charge in [-0.05, 0) is 30.4 Å². The van der Waals surface area contributed by atoms with E-state index in [0.29, 0.717) is 36.3 Å². The second kappa shape index (κ2) is 8.56. The van der Waals surface area contributed by atoms with Crippen LogP contribution in [0, 0.1) is 5.92 Å². The number of amides is 1. The van der Waals surface area contributed by atoms with Crippen LogP contribution < -0.4 is 0 Å². The third-order valence-corrected chi connectivity index (χ3v) is 4.77. The lowest BCUT2D eigenvalue weighted by molar-refractivity contribution is -0.127. The molecule has 1 aromatic carbocycles. The van der Waals surface area contributed by atoms with Gasteiger partial charge in [0.1, 0.15) is 5.69 Å². The monoisotopic (exact) mass is 375 g/mol. The summed E-state index contributed by atoms with van der Waals surface area (Å²) in [7, 11) is 0. The van der Waals surface area contributed by atoms with Crippen molar-refractivity contribution in [1.29, 1.82) is 0 Å². The van der Waals surface area contributed by atoms with Gasteiger partial charge in [0, 0.05) is 38.0 Å². The van der Waals surface area contributed by atoms with Crippen LogP contribution in [-0.4, -0.2) is 44.0 Å². The molecule has 7 heteroatoms. The average Bonchev–Trinajstić information content (AvgIpc) is 3.22. The molecule has 1 aliphatic heterocycles. The maximum atomic E-state index is 12.5. The maximum Gasteiger partial charge on any atom is 0.246 e. The Bertz CT molecular complexity index is 940. The van der Waals surface area contributed by atoms with Crippen LogP contribution in [0.4, 0.5) is 0 Å². The predicted molar refractivity (Wildman–Crippen MR) is 104 cm³/mol. The number of hydrogen-bond donors (Lipinski definition) is 0. The van der Waals surface area contributed by atoms with E-state index in [1.54, 1.807) is 24.7 Å². The molecule has 0 spiro atoms. The van der Waals surface area contributed by atoms with Crippen LogP contribution in [-0.2, 0) is 11.2 Å². The van der Waals surface area contributed by atoms with Crippen LogP contribution in [0.15, 0.2) is 59.5 Å². The quantitative estimate of drug-likeness (QED) is 0.637. The second-order valence-electron chi connectivity index (χ2n) is 6.84. The van der Waals surface area contributed by atoms with Gasteiger partial charge in [0.25, 0.3) is 0 Å². The Labute approximate surface area is 163 Å². The molecule has 2 aromatic heterocycles. The zero-order valence-corrected chi connectivity index (χ0v) is 15.4. The minimum Gasteiger partial charge on any atom is -0.339 e. The van der Waals surface area contributed by atoms with Crippen molar-refractivity contribution in [3.8, 4) is 11.5 Å². The molecule has 1 aliphatic rings. The van der Waals surface area contributed by atoms with E-state index >= 15 is 0 Å². The van der Waals surface area contributed by atoms with Gasteiger partial charge < -0.3 is 9.42 Å². The van der Waals surface area contributed by atoms with Gasteiger partial charge in [-0.1, -0.05) is 35.5 Å². The number of aromatic nitrogens is 4. The third-order valence-electron chi connectivity index (χ3n) is 4.77. The summed E-state index contributed by atoms with van der Waals surface area (Å²) in [6.45, 7) is 1.48. The summed E-state index contributed by atoms with van der Waals surface area (Å²) >= 11 is 0. The van der Waals surface area contributed by atoms with Gasteiger partial charge in [-0.2, -0.15) is 4.98 Å². The van der Waals surface area contributed by atoms with E-state index < -0.39 is 0 Å². The molecule has 1 amide bonds. The van der Waals surface area contributed by atoms with Gasteiger partial charge in [-0.25, -0.2) is 4.98 Å². The fourth-order valence-corrected chi connectivity index (χ4v) is 3.37. The SMILES string of the molecule is O=C(/C=C\c1ccccc1)N1CCC[C@@H](Cc2nc(-c3cnccn3)no2)C1. The maximum absolute atomic E-state index is 12.5. The van der Waals surface area contributed by atoms with Crippen LogP contribution in [0.3, 0.4) is 0 Å². The molecule has 1 atom stereocenters. The highest BCUT2D eigenvalue weighted by Gasteiger charge is 2.24. The van der Waals surface area contributed by atoms with E-state index in [4.69, 9.17) is 4.52 Å². The molecule has 3 heterocycles. The minimum atomic E-state index is 0.0410. The van der Waals surface area contributed by atoms with Crippen molar-refractivity contribution in [2.75, 3.05) is 13.1 Å². The first-order valence-electron chi connectivity index (χ1n) is 9.39. The van der Waals surface area contributed by atoms with Crippen molar-refractivity contribution in [1.82, 2.24) is 25.0 Å². The van der Waals surface area contributed by atoms with Crippen LogP contribution in [0.5, 0.6) is 0 Å². The zero-order chi connectivity index (χ0) is 19.2. The first kappa shape index (κ1) is 18.0. The van der Waals surface area contributed by atoms with Crippen molar-refractivity contribution < 1.29 is 9.32 Å². The normalized spacial score (nSPS) is 17.1. The molecule has 0 aliphatic carbocycles. The standard InChI is InChI=1S/C21H21N5O2/c27-20(9-8-16-5-2-1-3-6-16)26-12-4-7-17(15-26)13-19-24-21(25-28-19)18-14-22-10-11-23-18/h1-3,5-6,8-11,14,17H,4,7,12-13,15H2/b9-8-/t17-/m0/s1. The summed E-state index contributed by atoms with van der Waals surface area (Å²) in [5.74, 6) is 1.36. The average molecular weight is 375 g/mol. The summed E-state index contributed by atoms with van der Waals surface area (Å²) in [6.07, 6.45) is 11.0. The summed E-state index contributed by atoms with van der Waals surface area (Å²) < 4.78 is 5.38. The first-order chi connectivity index (χ1) is 13.8. The third kappa shape index (κ3) is 4.49. The number of piperidine rings is 1. The Morgan fingerprint density at radius 2 is 2.14 bits per heavy atom. The lowest BCUT2D eigenvalue weighted by Gasteiger charge is -2.31. The van der Waals surface area contributed by atoms with E-state index in [2.05, 4.69) is 20.1 Å². The summed E-state index contributed by atoms with van der Waals surface area (Å²) in [4.78, 5) is 27.1. The zero-order valence-electron chi connectivity index (χ0n) is 15.4. The molecule has 0 unspecified atom stereocenters. The summed E-state index contributed by atoms with van der Waals surface area (Å²) in [5.41, 5.74) is 1.61. The molecule has 28 heavy (non-hydrogen) atoms. The van der Waals surface area contributed by atoms with Crippen molar-refractivity contribution in [2.24, 2.45) is 5.92 Å². The molecule has 7 nitrogen and oxygen atoms in total. The van der Waals surface area contributed by atoms with Gasteiger partial charge in [0.15, 0.2) is 0 Å². The number of likely N-dealkylation sites (tertiary alicyclic amines) is 1. The second-order valence-corrected chi connectivity index (χ2v) is 6.84. The number of carbonyl (C=O) groups excluding carboxylic acids is 1. The molecule has 4 rings (SSSR count). The van der Waals surface area contributed by atoms with E-state index in [1.807, 2.05) is 41.3 Å². The molecule has 142 valence electrons. The Kier molecular flexibility index (Phi) is 5.51. The van der Waals surface area contributed by atoms with E-state index in [9.17, 15) is 4.79 Å². The van der Waals surface area contributed by atoms with Crippen molar-refractivity contribution in [3.05, 3.63) is 66.5 Å². The summed E-state index contributed by atoms with van der Waals surface area (Å²) in [5, 5.41) is 3.99. The molecule has 1 fully saturated rings. The predicted octanol–water partition coefficient (Wildman–Crippen LogP) is 3.02. The fourth-order valence-electron chi connectivity index (χ4n) is 3.37. The molecule has 0 saturated carbocycles. The molecule has 3 aromatic rings. The van der Waals surface area contributed by atoms with Crippen molar-refractivity contribution >= 4 is 12.0 Å². The van der Waals surface area contributed by atoms with Crippen LogP contribution in [0.1, 0.15) is 24.3 Å². The first-order valence-corrected chi connectivity index (χ1v) is 9.39. The van der Waals surface area contributed by atoms with Gasteiger partial charge in [0.05, 0.1) is 6.20 Å². The Morgan fingerprint density at radius 1 is 1.25 bits per heavy atom. The number of rotatable bonds is 5. The van der Waals surface area contributed by atoms with Crippen molar-refractivity contribution in [3.63, 3.8) is 0 Å². The Morgan fingerprint density at radius 3 is 2.96 bits per heavy atom. The van der Waals surface area contributed by atoms with Crippen LogP contribution in [0.2, 0.25) is 0 Å². The Balaban J connectivity index is 1.36. The lowest BCUT2D eigenvalue weighted by atomic mass is 9.94. The smallest absolute Gasteiger partial charge is 0.246 e. The number of hydrogen-bond acceptors (Lipinski definition) is 6. The Hall–Kier alpha value is -3.35. The van der Waals surface area contributed by atoms with Crippen LogP contribution in [0.25, 0.3) is 17.6 Å². The van der Waals surface area contributed by atoms with Gasteiger partial charge in [-0.3, -0.25) is 9.78 Å². The molecule has 0 N–H and O–H groups in total. The van der Waals surface area contributed by atoms with Gasteiger partial charge >= 0.3 is 0 Å². The van der Waals surface area contributed by atoms with Crippen molar-refractivity contribution in [2.45, 2.75) is 19.3 Å². The topological polar surface area (TPSA) is 85.0 Å². The highest BCUT2D eigenvalue weighted by Crippen LogP contribution is 2.22. The highest BCUT2D eigenvalue weighted by molar-refractivity contribution is 5.91. The van der Waals surface area contributed by atoms with Gasteiger partial charge in [0.2, 0.25) is 17.6 Å². The molecular weight excluding hydrogens is 354 g/mol. The van der Waals surface area contributed by atoms with E-state index in [1.165, 1.54) is 0 Å². The number of nitrogens with zero attached hydrogens (tertiary/aromatic N) is 5. The fraction of sp³-hybridized carbons (Fsp3) is 0.286. The minimum absolute atomic E-state index is 0.0410. The largest absolute Gasteiger partial charge is 0.339 e. The molecule has 1 saturated heterocycles. The lowest BCUT2D eigenvalue weighted by Crippen LogP contribution is -2.39. The molecule has 0 radical (unpaired) electrons. The highest BCUT2D eigenvalue weighted by atomic mass is 16.5. The van der Waals surface area contributed by atoms with Gasteiger partial charge in [-0.15, -0.1) is 0 Å². The van der Waals surface area contributed by atoms with E-state index in [-0.39, 0.29) is 5.91 Å². The molecule has 0 bridgehead atoms. The number of benzene rings is 1. The van der Waals surface area contributed by atoms with E-state index in [0.717, 1.165) is 24.9 Å². The molecular formula is C21H21N5O2.